The van der Waals surface area contributed by atoms with E-state index in [0.717, 1.165) is 11.1 Å². The number of aryl methyl sites for hydroxylation is 1. The molecule has 0 saturated carbocycles. The summed E-state index contributed by atoms with van der Waals surface area (Å²) in [7, 11) is 0. The van der Waals surface area contributed by atoms with Crippen LogP contribution in [0.25, 0.3) is 0 Å². The molecule has 0 atom stereocenters. The Morgan fingerprint density at radius 3 is 2.05 bits per heavy atom. The summed E-state index contributed by atoms with van der Waals surface area (Å²) in [6.07, 6.45) is 0. The number of carbonyl (C=O) groups excluding carboxylic acids is 1. The van der Waals surface area contributed by atoms with Gasteiger partial charge in [0.05, 0.1) is 11.1 Å². The topological polar surface area (TPSA) is 67.8 Å². The van der Waals surface area contributed by atoms with Crippen LogP contribution in [0.3, 0.4) is 0 Å². The summed E-state index contributed by atoms with van der Waals surface area (Å²) in [5, 5.41) is 8.08. The average Bonchev–Trinajstić information content (AvgIpc) is 2.36. The second kappa shape index (κ2) is 7.52. The number of ketones is 1. The van der Waals surface area contributed by atoms with Crippen molar-refractivity contribution in [2.45, 2.75) is 34.6 Å². The van der Waals surface area contributed by atoms with Crippen molar-refractivity contribution in [3.63, 3.8) is 0 Å². The van der Waals surface area contributed by atoms with Crippen molar-refractivity contribution in [1.29, 1.82) is 0 Å². The highest BCUT2D eigenvalue weighted by atomic mass is 127. The first-order valence-electron chi connectivity index (χ1n) is 6.21. The molecule has 0 heterocycles. The number of benzene rings is 1. The SMILES string of the molecule is CC(=O)C(C)(C)C(C)=N/N=C(\N)c1ccc(C)cc1.I. The van der Waals surface area contributed by atoms with Crippen molar-refractivity contribution in [3.8, 4) is 0 Å². The molecule has 0 saturated heterocycles. The number of hydrogen-bond acceptors (Lipinski definition) is 3. The number of hydrogen-bond donors (Lipinski definition) is 1. The van der Waals surface area contributed by atoms with Gasteiger partial charge in [-0.05, 0) is 34.6 Å². The number of amidine groups is 1. The molecule has 0 aromatic heterocycles. The number of nitrogens with zero attached hydrogens (tertiary/aromatic N) is 2. The minimum absolute atomic E-state index is 0. The van der Waals surface area contributed by atoms with Crippen LogP contribution in [-0.4, -0.2) is 17.3 Å². The predicted octanol–water partition coefficient (Wildman–Crippen LogP) is 3.31. The number of carbonyl (C=O) groups is 1. The third kappa shape index (κ3) is 4.70. The van der Waals surface area contributed by atoms with Crippen molar-refractivity contribution in [1.82, 2.24) is 0 Å². The van der Waals surface area contributed by atoms with E-state index in [0.29, 0.717) is 11.5 Å². The second-order valence-electron chi connectivity index (χ2n) is 5.22. The fraction of sp³-hybridized carbons (Fsp3) is 0.400. The Morgan fingerprint density at radius 2 is 1.60 bits per heavy atom. The van der Waals surface area contributed by atoms with E-state index in [1.54, 1.807) is 13.8 Å². The van der Waals surface area contributed by atoms with Gasteiger partial charge in [0.15, 0.2) is 5.84 Å². The van der Waals surface area contributed by atoms with Crippen LogP contribution in [0.2, 0.25) is 0 Å². The van der Waals surface area contributed by atoms with Crippen molar-refractivity contribution >= 4 is 41.3 Å². The molecule has 0 aliphatic heterocycles. The largest absolute Gasteiger partial charge is 0.382 e. The lowest BCUT2D eigenvalue weighted by atomic mass is 9.84. The molecular formula is C15H22IN3O. The lowest BCUT2D eigenvalue weighted by Gasteiger charge is -2.19. The van der Waals surface area contributed by atoms with Gasteiger partial charge in [-0.3, -0.25) is 4.79 Å². The van der Waals surface area contributed by atoms with E-state index in [9.17, 15) is 4.79 Å². The molecule has 0 aliphatic rings. The van der Waals surface area contributed by atoms with Gasteiger partial charge in [0.1, 0.15) is 5.78 Å². The van der Waals surface area contributed by atoms with E-state index in [4.69, 9.17) is 5.73 Å². The third-order valence-electron chi connectivity index (χ3n) is 3.44. The maximum atomic E-state index is 11.5. The fourth-order valence-electron chi connectivity index (χ4n) is 1.29. The van der Waals surface area contributed by atoms with Crippen molar-refractivity contribution < 1.29 is 4.79 Å². The molecule has 1 rings (SSSR count). The normalized spacial score (nSPS) is 12.8. The van der Waals surface area contributed by atoms with Crippen LogP contribution in [0.1, 0.15) is 38.8 Å². The Bertz CT molecular complexity index is 531. The summed E-state index contributed by atoms with van der Waals surface area (Å²) >= 11 is 0. The first-order chi connectivity index (χ1) is 8.75. The molecule has 0 unspecified atom stereocenters. The van der Waals surface area contributed by atoms with Crippen LogP contribution in [0, 0.1) is 12.3 Å². The van der Waals surface area contributed by atoms with E-state index >= 15 is 0 Å². The Labute approximate surface area is 137 Å². The van der Waals surface area contributed by atoms with Crippen LogP contribution in [0.15, 0.2) is 34.5 Å². The van der Waals surface area contributed by atoms with Gasteiger partial charge in [0.25, 0.3) is 0 Å². The predicted molar refractivity (Wildman–Crippen MR) is 94.9 cm³/mol. The zero-order chi connectivity index (χ0) is 14.6. The molecule has 4 nitrogen and oxygen atoms in total. The second-order valence-corrected chi connectivity index (χ2v) is 5.22. The summed E-state index contributed by atoms with van der Waals surface area (Å²) in [6, 6.07) is 7.73. The monoisotopic (exact) mass is 387 g/mol. The first kappa shape index (κ1) is 18.8. The maximum Gasteiger partial charge on any atom is 0.153 e. The molecule has 0 radical (unpaired) electrons. The highest BCUT2D eigenvalue weighted by molar-refractivity contribution is 14.0. The quantitative estimate of drug-likeness (QED) is 0.373. The molecule has 1 aromatic carbocycles. The summed E-state index contributed by atoms with van der Waals surface area (Å²) in [5.74, 6) is 0.400. The van der Waals surface area contributed by atoms with Gasteiger partial charge in [-0.15, -0.1) is 29.1 Å². The zero-order valence-electron chi connectivity index (χ0n) is 12.6. The number of nitrogens with two attached hydrogens (primary N) is 1. The maximum absolute atomic E-state index is 11.5. The highest BCUT2D eigenvalue weighted by Gasteiger charge is 2.27. The minimum Gasteiger partial charge on any atom is -0.382 e. The van der Waals surface area contributed by atoms with E-state index in [1.807, 2.05) is 45.0 Å². The molecule has 110 valence electrons. The van der Waals surface area contributed by atoms with Crippen LogP contribution >= 0.6 is 24.0 Å². The van der Waals surface area contributed by atoms with Gasteiger partial charge in [-0.1, -0.05) is 29.8 Å². The Balaban J connectivity index is 0.00000361. The summed E-state index contributed by atoms with van der Waals surface area (Å²) in [5.41, 5.74) is 7.89. The van der Waals surface area contributed by atoms with Crippen LogP contribution < -0.4 is 5.73 Å². The Hall–Kier alpha value is -1.24. The van der Waals surface area contributed by atoms with Crippen molar-refractivity contribution in [2.75, 3.05) is 0 Å². The molecule has 0 bridgehead atoms. The number of Topliss-reactive ketones (excluding diaryl/α,β-unsaturated/α-hetero) is 1. The van der Waals surface area contributed by atoms with Gasteiger partial charge >= 0.3 is 0 Å². The smallest absolute Gasteiger partial charge is 0.153 e. The molecule has 5 heteroatoms. The van der Waals surface area contributed by atoms with Crippen LogP contribution in [-0.2, 0) is 4.79 Å². The average molecular weight is 387 g/mol. The number of rotatable bonds is 4. The first-order valence-corrected chi connectivity index (χ1v) is 6.21. The molecule has 0 fully saturated rings. The number of halogens is 1. The van der Waals surface area contributed by atoms with E-state index in [-0.39, 0.29) is 29.8 Å². The summed E-state index contributed by atoms with van der Waals surface area (Å²) < 4.78 is 0. The molecular weight excluding hydrogens is 365 g/mol. The van der Waals surface area contributed by atoms with Gasteiger partial charge in [0, 0.05) is 5.56 Å². The van der Waals surface area contributed by atoms with E-state index < -0.39 is 5.41 Å². The summed E-state index contributed by atoms with van der Waals surface area (Å²) in [6.45, 7) is 8.99. The Kier molecular flexibility index (Phi) is 7.05. The van der Waals surface area contributed by atoms with Gasteiger partial charge in [0.2, 0.25) is 0 Å². The molecule has 0 amide bonds. The fourth-order valence-corrected chi connectivity index (χ4v) is 1.29. The van der Waals surface area contributed by atoms with E-state index in [2.05, 4.69) is 10.2 Å². The van der Waals surface area contributed by atoms with E-state index in [1.165, 1.54) is 0 Å². The Morgan fingerprint density at radius 1 is 1.10 bits per heavy atom. The van der Waals surface area contributed by atoms with Gasteiger partial charge in [-0.25, -0.2) is 0 Å². The van der Waals surface area contributed by atoms with Gasteiger partial charge in [-0.2, -0.15) is 5.10 Å². The van der Waals surface area contributed by atoms with Crippen LogP contribution in [0.4, 0.5) is 0 Å². The minimum atomic E-state index is -0.614. The summed E-state index contributed by atoms with van der Waals surface area (Å²) in [4.78, 5) is 11.5. The highest BCUT2D eigenvalue weighted by Crippen LogP contribution is 2.19. The molecule has 2 N–H and O–H groups in total. The lowest BCUT2D eigenvalue weighted by molar-refractivity contribution is -0.121. The molecule has 0 spiro atoms. The molecule has 20 heavy (non-hydrogen) atoms. The standard InChI is InChI=1S/C15H21N3O.HI/c1-10-6-8-13(9-7-10)14(16)18-17-11(2)15(4,5)12(3)19;/h6-9H,1-5H3,(H2,16,18);1H. The molecule has 0 aliphatic carbocycles. The van der Waals surface area contributed by atoms with Crippen molar-refractivity contribution in [3.05, 3.63) is 35.4 Å². The lowest BCUT2D eigenvalue weighted by Crippen LogP contribution is -2.29. The zero-order valence-corrected chi connectivity index (χ0v) is 14.9. The van der Waals surface area contributed by atoms with Gasteiger partial charge < -0.3 is 5.73 Å². The van der Waals surface area contributed by atoms with Crippen LogP contribution in [0.5, 0.6) is 0 Å². The molecule has 1 aromatic rings. The third-order valence-corrected chi connectivity index (χ3v) is 3.44. The van der Waals surface area contributed by atoms with Crippen molar-refractivity contribution in [2.24, 2.45) is 21.4 Å².